The molecule has 116 valence electrons. The molecule has 0 bridgehead atoms. The van der Waals surface area contributed by atoms with E-state index in [4.69, 9.17) is 0 Å². The number of nitrogens with one attached hydrogen (secondary N) is 1. The molecule has 1 saturated heterocycles. The van der Waals surface area contributed by atoms with E-state index in [-0.39, 0.29) is 5.91 Å². The van der Waals surface area contributed by atoms with Gasteiger partial charge < -0.3 is 10.2 Å². The lowest BCUT2D eigenvalue weighted by molar-refractivity contribution is 0.0668. The van der Waals surface area contributed by atoms with Crippen LogP contribution in [-0.2, 0) is 0 Å². The first-order valence-corrected chi connectivity index (χ1v) is 7.83. The Morgan fingerprint density at radius 2 is 2.14 bits per heavy atom. The fraction of sp³-hybridized carbons (Fsp3) is 0.412. The van der Waals surface area contributed by atoms with Crippen molar-refractivity contribution < 1.29 is 4.79 Å². The van der Waals surface area contributed by atoms with Gasteiger partial charge in [-0.2, -0.15) is 5.10 Å². The topological polar surface area (TPSA) is 50.2 Å². The number of likely N-dealkylation sites (tertiary alicyclic amines) is 1. The number of carbonyl (C=O) groups excluding carboxylic acids is 1. The maximum absolute atomic E-state index is 12.6. The number of amides is 1. The molecular weight excluding hydrogens is 276 g/mol. The Hall–Kier alpha value is -2.14. The highest BCUT2D eigenvalue weighted by Gasteiger charge is 2.25. The molecule has 1 fully saturated rings. The monoisotopic (exact) mass is 298 g/mol. The van der Waals surface area contributed by atoms with E-state index in [1.54, 1.807) is 10.7 Å². The Bertz CT molecular complexity index is 621. The number of aromatic nitrogens is 2. The highest BCUT2D eigenvalue weighted by molar-refractivity contribution is 5.92. The predicted molar refractivity (Wildman–Crippen MR) is 86.1 cm³/mol. The lowest BCUT2D eigenvalue weighted by Crippen LogP contribution is -2.42. The minimum atomic E-state index is 0.0375. The van der Waals surface area contributed by atoms with E-state index in [9.17, 15) is 4.79 Å². The van der Waals surface area contributed by atoms with E-state index >= 15 is 0 Å². The molecule has 3 rings (SSSR count). The smallest absolute Gasteiger partial charge is 0.274 e. The molecule has 2 heterocycles. The van der Waals surface area contributed by atoms with E-state index in [2.05, 4.69) is 10.4 Å². The summed E-state index contributed by atoms with van der Waals surface area (Å²) in [6, 6.07) is 11.7. The van der Waals surface area contributed by atoms with Crippen LogP contribution in [0.1, 0.15) is 23.3 Å². The van der Waals surface area contributed by atoms with Gasteiger partial charge in [0.25, 0.3) is 5.91 Å². The number of rotatable bonds is 4. The largest absolute Gasteiger partial charge is 0.337 e. The number of carbonyl (C=O) groups is 1. The zero-order valence-electron chi connectivity index (χ0n) is 12.9. The summed E-state index contributed by atoms with van der Waals surface area (Å²) < 4.78 is 1.75. The lowest BCUT2D eigenvalue weighted by Gasteiger charge is -2.32. The normalized spacial score (nSPS) is 18.4. The van der Waals surface area contributed by atoms with Crippen LogP contribution in [0.3, 0.4) is 0 Å². The minimum absolute atomic E-state index is 0.0375. The number of hydrogen-bond acceptors (Lipinski definition) is 3. The van der Waals surface area contributed by atoms with Gasteiger partial charge in [-0.15, -0.1) is 0 Å². The number of piperidine rings is 1. The Labute approximate surface area is 130 Å². The van der Waals surface area contributed by atoms with E-state index in [1.807, 2.05) is 48.5 Å². The highest BCUT2D eigenvalue weighted by atomic mass is 16.2. The van der Waals surface area contributed by atoms with Crippen LogP contribution in [-0.4, -0.2) is 47.3 Å². The quantitative estimate of drug-likeness (QED) is 0.938. The molecule has 1 N–H and O–H groups in total. The molecule has 0 aliphatic carbocycles. The molecule has 1 aliphatic heterocycles. The number of para-hydroxylation sites is 1. The van der Waals surface area contributed by atoms with Crippen LogP contribution in [0.5, 0.6) is 0 Å². The summed E-state index contributed by atoms with van der Waals surface area (Å²) in [7, 11) is 1.96. The van der Waals surface area contributed by atoms with Gasteiger partial charge in [-0.25, -0.2) is 4.68 Å². The summed E-state index contributed by atoms with van der Waals surface area (Å²) in [6.45, 7) is 2.61. The van der Waals surface area contributed by atoms with Gasteiger partial charge in [-0.1, -0.05) is 18.2 Å². The van der Waals surface area contributed by atoms with Crippen LogP contribution in [0.15, 0.2) is 42.6 Å². The molecular formula is C17H22N4O. The summed E-state index contributed by atoms with van der Waals surface area (Å²) in [5.74, 6) is 0.578. The van der Waals surface area contributed by atoms with Crippen LogP contribution < -0.4 is 5.32 Å². The average molecular weight is 298 g/mol. The van der Waals surface area contributed by atoms with E-state index in [1.165, 1.54) is 6.42 Å². The molecule has 1 aromatic heterocycles. The molecule has 2 aromatic rings. The van der Waals surface area contributed by atoms with Crippen LogP contribution in [0, 0.1) is 5.92 Å². The van der Waals surface area contributed by atoms with E-state index in [0.717, 1.165) is 31.7 Å². The van der Waals surface area contributed by atoms with Crippen molar-refractivity contribution in [2.24, 2.45) is 5.92 Å². The van der Waals surface area contributed by atoms with Gasteiger partial charge in [-0.3, -0.25) is 4.79 Å². The first-order valence-electron chi connectivity index (χ1n) is 7.83. The van der Waals surface area contributed by atoms with Gasteiger partial charge >= 0.3 is 0 Å². The molecule has 0 saturated carbocycles. The fourth-order valence-electron chi connectivity index (χ4n) is 3.03. The molecule has 1 aromatic carbocycles. The van der Waals surface area contributed by atoms with Crippen molar-refractivity contribution in [1.29, 1.82) is 0 Å². The molecule has 1 aliphatic rings. The molecule has 1 atom stereocenters. The summed E-state index contributed by atoms with van der Waals surface area (Å²) in [5.41, 5.74) is 1.49. The van der Waals surface area contributed by atoms with Crippen LogP contribution in [0.25, 0.3) is 5.69 Å². The van der Waals surface area contributed by atoms with Gasteiger partial charge in [0.2, 0.25) is 0 Å². The molecule has 0 spiro atoms. The number of nitrogens with zero attached hydrogens (tertiary/aromatic N) is 3. The van der Waals surface area contributed by atoms with Crippen molar-refractivity contribution in [1.82, 2.24) is 20.0 Å². The van der Waals surface area contributed by atoms with Crippen molar-refractivity contribution >= 4 is 5.91 Å². The molecule has 1 unspecified atom stereocenters. The van der Waals surface area contributed by atoms with Gasteiger partial charge in [0.05, 0.1) is 5.69 Å². The van der Waals surface area contributed by atoms with Crippen LogP contribution in [0.4, 0.5) is 0 Å². The lowest BCUT2D eigenvalue weighted by atomic mass is 9.98. The minimum Gasteiger partial charge on any atom is -0.337 e. The summed E-state index contributed by atoms with van der Waals surface area (Å²) >= 11 is 0. The van der Waals surface area contributed by atoms with Crippen molar-refractivity contribution in [3.05, 3.63) is 48.3 Å². The first-order chi connectivity index (χ1) is 10.8. The maximum atomic E-state index is 12.6. The van der Waals surface area contributed by atoms with Crippen molar-refractivity contribution in [3.8, 4) is 5.69 Å². The first kappa shape index (κ1) is 14.8. The average Bonchev–Trinajstić information content (AvgIpc) is 3.05. The van der Waals surface area contributed by atoms with Gasteiger partial charge in [0, 0.05) is 19.3 Å². The third-order valence-corrected chi connectivity index (χ3v) is 4.13. The van der Waals surface area contributed by atoms with Crippen molar-refractivity contribution in [3.63, 3.8) is 0 Å². The molecule has 5 heteroatoms. The van der Waals surface area contributed by atoms with E-state index < -0.39 is 0 Å². The summed E-state index contributed by atoms with van der Waals surface area (Å²) in [5, 5.41) is 7.64. The molecule has 1 amide bonds. The predicted octanol–water partition coefficient (Wildman–Crippen LogP) is 1.94. The van der Waals surface area contributed by atoms with Crippen LogP contribution in [0.2, 0.25) is 0 Å². The third kappa shape index (κ3) is 3.20. The zero-order chi connectivity index (χ0) is 15.4. The number of benzene rings is 1. The van der Waals surface area contributed by atoms with Crippen LogP contribution >= 0.6 is 0 Å². The second-order valence-electron chi connectivity index (χ2n) is 5.80. The van der Waals surface area contributed by atoms with E-state index in [0.29, 0.717) is 11.6 Å². The summed E-state index contributed by atoms with van der Waals surface area (Å²) in [6.07, 6.45) is 4.10. The second kappa shape index (κ2) is 6.75. The Kier molecular flexibility index (Phi) is 4.53. The van der Waals surface area contributed by atoms with Gasteiger partial charge in [0.1, 0.15) is 0 Å². The van der Waals surface area contributed by atoms with Crippen molar-refractivity contribution in [2.45, 2.75) is 12.8 Å². The maximum Gasteiger partial charge on any atom is 0.274 e. The molecule has 0 radical (unpaired) electrons. The molecule has 5 nitrogen and oxygen atoms in total. The van der Waals surface area contributed by atoms with Crippen molar-refractivity contribution in [2.75, 3.05) is 26.7 Å². The number of hydrogen-bond donors (Lipinski definition) is 1. The Morgan fingerprint density at radius 3 is 2.91 bits per heavy atom. The Morgan fingerprint density at radius 1 is 1.32 bits per heavy atom. The molecule has 22 heavy (non-hydrogen) atoms. The van der Waals surface area contributed by atoms with Gasteiger partial charge in [0.15, 0.2) is 5.69 Å². The standard InChI is InChI=1S/C17H22N4O/c1-18-12-14-6-5-10-20(13-14)17(22)16-9-11-21(19-16)15-7-3-2-4-8-15/h2-4,7-9,11,14,18H,5-6,10,12-13H2,1H3. The second-order valence-corrected chi connectivity index (χ2v) is 5.80. The Balaban J connectivity index is 1.71. The third-order valence-electron chi connectivity index (χ3n) is 4.13. The zero-order valence-corrected chi connectivity index (χ0v) is 12.9. The summed E-state index contributed by atoms with van der Waals surface area (Å²) in [4.78, 5) is 14.6. The SMILES string of the molecule is CNCC1CCCN(C(=O)c2ccn(-c3ccccc3)n2)C1. The highest BCUT2D eigenvalue weighted by Crippen LogP contribution is 2.18. The van der Waals surface area contributed by atoms with Gasteiger partial charge in [-0.05, 0) is 50.6 Å². The fourth-order valence-corrected chi connectivity index (χ4v) is 3.03.